The van der Waals surface area contributed by atoms with E-state index in [1.54, 1.807) is 36.4 Å². The van der Waals surface area contributed by atoms with Crippen LogP contribution in [0.1, 0.15) is 0 Å². The molecule has 0 aliphatic carbocycles. The van der Waals surface area contributed by atoms with Gasteiger partial charge < -0.3 is 0 Å². The Morgan fingerprint density at radius 3 is 0.917 bits per heavy atom. The molecule has 12 heteroatoms. The highest BCUT2D eigenvalue weighted by molar-refractivity contribution is 9.11. The van der Waals surface area contributed by atoms with Crippen molar-refractivity contribution < 1.29 is 25.3 Å². The molecule has 0 saturated heterocycles. The molecule has 4 aromatic carbocycles. The van der Waals surface area contributed by atoms with Crippen molar-refractivity contribution in [1.29, 1.82) is 0 Å². The van der Waals surface area contributed by atoms with Gasteiger partial charge in [-0.2, -0.15) is 0 Å². The number of benzene rings is 4. The van der Waals surface area contributed by atoms with Crippen LogP contribution < -0.4 is 0 Å². The van der Waals surface area contributed by atoms with Crippen LogP contribution in [0, 0.1) is 0 Å². The summed E-state index contributed by atoms with van der Waals surface area (Å²) in [6, 6.07) is 13.8. The summed E-state index contributed by atoms with van der Waals surface area (Å²) in [7, 11) is -12.8. The van der Waals surface area contributed by atoms with E-state index < -0.39 is 29.5 Å². The molecule has 0 N–H and O–H groups in total. The molecule has 6 nitrogen and oxygen atoms in total. The van der Waals surface area contributed by atoms with Gasteiger partial charge in [0, 0.05) is 46.8 Å². The van der Waals surface area contributed by atoms with E-state index in [2.05, 4.69) is 47.8 Å². The quantitative estimate of drug-likeness (QED) is 0.179. The Hall–Kier alpha value is -1.83. The van der Waals surface area contributed by atoms with Crippen LogP contribution in [0.15, 0.2) is 97.4 Å². The van der Waals surface area contributed by atoms with E-state index >= 15 is 0 Å². The molecule has 0 radical (unpaired) electrons. The smallest absolute Gasteiger partial charge is 0.208 e. The molecule has 0 spiro atoms. The van der Waals surface area contributed by atoms with E-state index in [0.29, 0.717) is 13.4 Å². The lowest BCUT2D eigenvalue weighted by Gasteiger charge is -2.14. The van der Waals surface area contributed by atoms with Gasteiger partial charge in [0.25, 0.3) is 0 Å². The van der Waals surface area contributed by atoms with Crippen molar-refractivity contribution in [3.63, 3.8) is 0 Å². The zero-order valence-electron chi connectivity index (χ0n) is 17.5. The maximum absolute atomic E-state index is 14.0. The van der Waals surface area contributed by atoms with Crippen molar-refractivity contribution in [3.05, 3.63) is 68.0 Å². The zero-order valence-corrected chi connectivity index (χ0v) is 24.7. The largest absolute Gasteiger partial charge is 0.218 e. The Morgan fingerprint density at radius 2 is 0.667 bits per heavy atom. The molecule has 0 bridgehead atoms. The topological polar surface area (TPSA) is 102 Å². The van der Waals surface area contributed by atoms with Gasteiger partial charge in [-0.1, -0.05) is 66.0 Å². The molecule has 0 aromatic heterocycles. The fourth-order valence-electron chi connectivity index (χ4n) is 5.33. The van der Waals surface area contributed by atoms with Crippen LogP contribution in [0.2, 0.25) is 0 Å². The van der Waals surface area contributed by atoms with E-state index in [0.717, 1.165) is 0 Å². The van der Waals surface area contributed by atoms with Crippen LogP contribution in [0.4, 0.5) is 0 Å². The fourth-order valence-corrected chi connectivity index (χ4v) is 12.8. The van der Waals surface area contributed by atoms with Gasteiger partial charge in [0.2, 0.25) is 29.5 Å². The Morgan fingerprint density at radius 1 is 0.417 bits per heavy atom. The maximum atomic E-state index is 14.0. The van der Waals surface area contributed by atoms with E-state index in [-0.39, 0.29) is 62.8 Å². The molecule has 3 aliphatic rings. The summed E-state index contributed by atoms with van der Waals surface area (Å²) in [5.74, 6) is 0. The highest BCUT2D eigenvalue weighted by Gasteiger charge is 2.52. The predicted molar refractivity (Wildman–Crippen MR) is 142 cm³/mol. The molecular formula is C24H9Br3O6S3. The second-order valence-corrected chi connectivity index (χ2v) is 16.9. The predicted octanol–water partition coefficient (Wildman–Crippen LogP) is 6.41. The van der Waals surface area contributed by atoms with Gasteiger partial charge in [0.1, 0.15) is 0 Å². The third kappa shape index (κ3) is 2.62. The molecule has 180 valence electrons. The molecule has 36 heavy (non-hydrogen) atoms. The lowest BCUT2D eigenvalue weighted by atomic mass is 9.93. The van der Waals surface area contributed by atoms with Crippen LogP contribution >= 0.6 is 47.8 Å². The summed E-state index contributed by atoms with van der Waals surface area (Å²) >= 11 is 9.91. The highest BCUT2D eigenvalue weighted by atomic mass is 79.9. The number of sulfone groups is 3. The Balaban J connectivity index is 1.82. The minimum Gasteiger partial charge on any atom is -0.218 e. The molecule has 7 rings (SSSR count). The summed E-state index contributed by atoms with van der Waals surface area (Å²) in [4.78, 5) is -1.08. The lowest BCUT2D eigenvalue weighted by molar-refractivity contribution is 0.598. The van der Waals surface area contributed by atoms with Crippen molar-refractivity contribution in [2.75, 3.05) is 0 Å². The van der Waals surface area contributed by atoms with Crippen LogP contribution in [0.3, 0.4) is 0 Å². The minimum absolute atomic E-state index is 0.0181. The van der Waals surface area contributed by atoms with Gasteiger partial charge in [-0.15, -0.1) is 0 Å². The molecular weight excluding hydrogens is 720 g/mol. The van der Waals surface area contributed by atoms with Gasteiger partial charge in [0.15, 0.2) is 0 Å². The zero-order chi connectivity index (χ0) is 25.5. The lowest BCUT2D eigenvalue weighted by Crippen LogP contribution is -2.06. The maximum Gasteiger partial charge on any atom is 0.208 e. The summed E-state index contributed by atoms with van der Waals surface area (Å²) in [6.45, 7) is 0. The Bertz CT molecular complexity index is 1850. The van der Waals surface area contributed by atoms with E-state index in [9.17, 15) is 25.3 Å². The molecule has 0 fully saturated rings. The third-order valence-electron chi connectivity index (χ3n) is 6.68. The van der Waals surface area contributed by atoms with Gasteiger partial charge in [-0.25, -0.2) is 25.3 Å². The standard InChI is InChI=1S/C24H9Br3O6S3/c25-10-1-4-13-16(7-10)34(28,29)22-19(13)23-21(14-5-2-11(26)8-17(14)35(23,30)31)24-20(22)15-6-3-12(27)9-18(15)36(24,32)33/h1-9H. The van der Waals surface area contributed by atoms with Crippen molar-refractivity contribution in [1.82, 2.24) is 0 Å². The van der Waals surface area contributed by atoms with E-state index in [1.807, 2.05) is 0 Å². The van der Waals surface area contributed by atoms with Crippen LogP contribution in [-0.4, -0.2) is 25.3 Å². The number of rotatable bonds is 0. The first-order valence-electron chi connectivity index (χ1n) is 10.3. The molecule has 3 heterocycles. The Labute approximate surface area is 231 Å². The average molecular weight is 729 g/mol. The van der Waals surface area contributed by atoms with Crippen molar-refractivity contribution in [2.45, 2.75) is 29.4 Å². The molecule has 0 unspecified atom stereocenters. The molecule has 4 aromatic rings. The van der Waals surface area contributed by atoms with Gasteiger partial charge in [-0.3, -0.25) is 0 Å². The van der Waals surface area contributed by atoms with Gasteiger partial charge in [-0.05, 0) is 36.4 Å². The van der Waals surface area contributed by atoms with E-state index in [4.69, 9.17) is 0 Å². The normalized spacial score (nSPS) is 18.1. The number of hydrogen-bond acceptors (Lipinski definition) is 6. The van der Waals surface area contributed by atoms with Gasteiger partial charge in [0.05, 0.1) is 29.4 Å². The first-order chi connectivity index (χ1) is 16.9. The summed E-state index contributed by atoms with van der Waals surface area (Å²) in [5.41, 5.74) is 0.737. The van der Waals surface area contributed by atoms with E-state index in [1.165, 1.54) is 18.2 Å². The van der Waals surface area contributed by atoms with Crippen LogP contribution in [-0.2, 0) is 29.5 Å². The minimum atomic E-state index is -4.26. The fraction of sp³-hybridized carbons (Fsp3) is 0. The first kappa shape index (κ1) is 23.3. The molecule has 3 aliphatic heterocycles. The monoisotopic (exact) mass is 726 g/mol. The summed E-state index contributed by atoms with van der Waals surface area (Å²) < 4.78 is 85.4. The highest BCUT2D eigenvalue weighted by Crippen LogP contribution is 2.63. The van der Waals surface area contributed by atoms with Crippen LogP contribution in [0.25, 0.3) is 33.4 Å². The summed E-state index contributed by atoms with van der Waals surface area (Å²) in [6.07, 6.45) is 0. The third-order valence-corrected chi connectivity index (χ3v) is 13.7. The molecule has 0 amide bonds. The molecule has 0 saturated carbocycles. The Kier molecular flexibility index (Phi) is 4.51. The first-order valence-corrected chi connectivity index (χ1v) is 17.1. The number of fused-ring (bicyclic) bond motifs is 12. The van der Waals surface area contributed by atoms with Crippen molar-refractivity contribution >= 4 is 77.3 Å². The molecule has 0 atom stereocenters. The number of halogens is 3. The SMILES string of the molecule is O=S1(=O)c2cc(Br)ccc2-c2c1c1c(c3c2S(=O)(=O)c2cc(Br)ccc2-3)S(=O)(=O)c2cc(Br)ccc2-1. The van der Waals surface area contributed by atoms with Crippen molar-refractivity contribution in [3.8, 4) is 33.4 Å². The summed E-state index contributed by atoms with van der Waals surface area (Å²) in [5, 5.41) is 0. The average Bonchev–Trinajstić information content (AvgIpc) is 3.27. The number of hydrogen-bond donors (Lipinski definition) is 0. The van der Waals surface area contributed by atoms with Crippen LogP contribution in [0.5, 0.6) is 0 Å². The van der Waals surface area contributed by atoms with Crippen molar-refractivity contribution in [2.24, 2.45) is 0 Å². The second kappa shape index (κ2) is 6.97. The van der Waals surface area contributed by atoms with Gasteiger partial charge >= 0.3 is 0 Å². The second-order valence-electron chi connectivity index (χ2n) is 8.54.